The molecule has 0 amide bonds. The van der Waals surface area contributed by atoms with Gasteiger partial charge in [0.05, 0.1) is 5.69 Å². The molecule has 1 aromatic heterocycles. The number of rotatable bonds is 1. The molecule has 3 nitrogen and oxygen atoms in total. The molecule has 3 rings (SSSR count). The Morgan fingerprint density at radius 3 is 2.76 bits per heavy atom. The first kappa shape index (κ1) is 10.4. The average molecular weight is 227 g/mol. The van der Waals surface area contributed by atoms with E-state index in [1.807, 2.05) is 4.68 Å². The van der Waals surface area contributed by atoms with Gasteiger partial charge in [-0.3, -0.25) is 0 Å². The monoisotopic (exact) mass is 227 g/mol. The molecule has 0 aliphatic heterocycles. The molecular weight excluding hydrogens is 210 g/mol. The summed E-state index contributed by atoms with van der Waals surface area (Å²) in [6.07, 6.45) is 3.36. The number of anilines is 1. The molecular formula is C14H17N3. The van der Waals surface area contributed by atoms with Crippen LogP contribution >= 0.6 is 0 Å². The maximum atomic E-state index is 5.97. The highest BCUT2D eigenvalue weighted by Gasteiger charge is 2.21. The fourth-order valence-corrected chi connectivity index (χ4v) is 2.54. The van der Waals surface area contributed by atoms with Gasteiger partial charge in [-0.25, -0.2) is 4.68 Å². The van der Waals surface area contributed by atoms with Gasteiger partial charge in [-0.2, -0.15) is 5.10 Å². The SMILES string of the molecule is Cc1ccc(-n2nc(N)c3c2CCC3)cc1C. The van der Waals surface area contributed by atoms with Crippen LogP contribution in [0, 0.1) is 13.8 Å². The molecule has 88 valence electrons. The van der Waals surface area contributed by atoms with Crippen molar-refractivity contribution in [2.24, 2.45) is 0 Å². The van der Waals surface area contributed by atoms with E-state index in [1.54, 1.807) is 0 Å². The molecule has 1 heterocycles. The van der Waals surface area contributed by atoms with Crippen LogP contribution in [0.3, 0.4) is 0 Å². The molecule has 0 atom stereocenters. The second kappa shape index (κ2) is 3.62. The predicted molar refractivity (Wildman–Crippen MR) is 69.5 cm³/mol. The Morgan fingerprint density at radius 2 is 2.00 bits per heavy atom. The average Bonchev–Trinajstić information content (AvgIpc) is 2.87. The largest absolute Gasteiger partial charge is 0.382 e. The van der Waals surface area contributed by atoms with Gasteiger partial charge in [-0.15, -0.1) is 0 Å². The third kappa shape index (κ3) is 1.54. The molecule has 1 aromatic carbocycles. The van der Waals surface area contributed by atoms with Crippen LogP contribution in [-0.2, 0) is 12.8 Å². The number of nitrogen functional groups attached to an aromatic ring is 1. The van der Waals surface area contributed by atoms with Gasteiger partial charge < -0.3 is 5.73 Å². The van der Waals surface area contributed by atoms with Crippen molar-refractivity contribution in [2.45, 2.75) is 33.1 Å². The van der Waals surface area contributed by atoms with E-state index in [9.17, 15) is 0 Å². The Balaban J connectivity index is 2.15. The first-order chi connectivity index (χ1) is 8.16. The number of aryl methyl sites for hydroxylation is 2. The van der Waals surface area contributed by atoms with E-state index >= 15 is 0 Å². The van der Waals surface area contributed by atoms with Crippen LogP contribution in [0.2, 0.25) is 0 Å². The van der Waals surface area contributed by atoms with Gasteiger partial charge in [0, 0.05) is 11.3 Å². The maximum Gasteiger partial charge on any atom is 0.149 e. The van der Waals surface area contributed by atoms with Crippen LogP contribution in [-0.4, -0.2) is 9.78 Å². The van der Waals surface area contributed by atoms with Crippen molar-refractivity contribution in [3.8, 4) is 5.69 Å². The van der Waals surface area contributed by atoms with Gasteiger partial charge >= 0.3 is 0 Å². The summed E-state index contributed by atoms with van der Waals surface area (Å²) < 4.78 is 2.02. The van der Waals surface area contributed by atoms with Gasteiger partial charge in [-0.1, -0.05) is 6.07 Å². The summed E-state index contributed by atoms with van der Waals surface area (Å²) in [4.78, 5) is 0. The summed E-state index contributed by atoms with van der Waals surface area (Å²) in [6, 6.07) is 6.44. The summed E-state index contributed by atoms with van der Waals surface area (Å²) in [5.74, 6) is 0.704. The van der Waals surface area contributed by atoms with E-state index < -0.39 is 0 Å². The van der Waals surface area contributed by atoms with Gasteiger partial charge in [0.2, 0.25) is 0 Å². The Morgan fingerprint density at radius 1 is 1.18 bits per heavy atom. The molecule has 2 aromatic rings. The maximum absolute atomic E-state index is 5.97. The van der Waals surface area contributed by atoms with E-state index in [1.165, 1.54) is 28.8 Å². The zero-order valence-corrected chi connectivity index (χ0v) is 10.3. The minimum Gasteiger partial charge on any atom is -0.382 e. The third-order valence-corrected chi connectivity index (χ3v) is 3.70. The van der Waals surface area contributed by atoms with E-state index in [4.69, 9.17) is 5.73 Å². The summed E-state index contributed by atoms with van der Waals surface area (Å²) in [5, 5.41) is 4.47. The lowest BCUT2D eigenvalue weighted by atomic mass is 10.1. The second-order valence-corrected chi connectivity index (χ2v) is 4.84. The third-order valence-electron chi connectivity index (χ3n) is 3.70. The molecule has 17 heavy (non-hydrogen) atoms. The van der Waals surface area contributed by atoms with Gasteiger partial charge in [0.25, 0.3) is 0 Å². The lowest BCUT2D eigenvalue weighted by Gasteiger charge is -2.08. The molecule has 3 heteroatoms. The summed E-state index contributed by atoms with van der Waals surface area (Å²) >= 11 is 0. The molecule has 0 spiro atoms. The van der Waals surface area contributed by atoms with Crippen molar-refractivity contribution < 1.29 is 0 Å². The lowest BCUT2D eigenvalue weighted by Crippen LogP contribution is -2.02. The van der Waals surface area contributed by atoms with E-state index in [0.29, 0.717) is 5.82 Å². The highest BCUT2D eigenvalue weighted by Crippen LogP contribution is 2.29. The Hall–Kier alpha value is -1.77. The van der Waals surface area contributed by atoms with E-state index in [0.717, 1.165) is 18.5 Å². The summed E-state index contributed by atoms with van der Waals surface area (Å²) in [6.45, 7) is 4.26. The molecule has 0 saturated heterocycles. The molecule has 1 aliphatic carbocycles. The normalized spacial score (nSPS) is 14.0. The summed E-state index contributed by atoms with van der Waals surface area (Å²) in [7, 11) is 0. The Kier molecular flexibility index (Phi) is 2.21. The van der Waals surface area contributed by atoms with Crippen molar-refractivity contribution in [3.05, 3.63) is 40.6 Å². The molecule has 0 fully saturated rings. The first-order valence-corrected chi connectivity index (χ1v) is 6.10. The highest BCUT2D eigenvalue weighted by molar-refractivity contribution is 5.50. The fourth-order valence-electron chi connectivity index (χ4n) is 2.54. The van der Waals surface area contributed by atoms with Crippen LogP contribution in [0.4, 0.5) is 5.82 Å². The van der Waals surface area contributed by atoms with Crippen molar-refractivity contribution in [2.75, 3.05) is 5.73 Å². The first-order valence-electron chi connectivity index (χ1n) is 6.10. The lowest BCUT2D eigenvalue weighted by molar-refractivity contribution is 0.787. The highest BCUT2D eigenvalue weighted by atomic mass is 15.3. The van der Waals surface area contributed by atoms with Crippen molar-refractivity contribution >= 4 is 5.82 Å². The summed E-state index contributed by atoms with van der Waals surface area (Å²) in [5.41, 5.74) is 12.2. The van der Waals surface area contributed by atoms with Crippen LogP contribution in [0.1, 0.15) is 28.8 Å². The minimum absolute atomic E-state index is 0.704. The Bertz CT molecular complexity index is 581. The molecule has 0 radical (unpaired) electrons. The van der Waals surface area contributed by atoms with Crippen LogP contribution < -0.4 is 5.73 Å². The van der Waals surface area contributed by atoms with Crippen LogP contribution in [0.15, 0.2) is 18.2 Å². The van der Waals surface area contributed by atoms with Crippen molar-refractivity contribution in [1.82, 2.24) is 9.78 Å². The van der Waals surface area contributed by atoms with Gasteiger partial charge in [0.15, 0.2) is 0 Å². The van der Waals surface area contributed by atoms with E-state index in [-0.39, 0.29) is 0 Å². The Labute approximate surface area is 101 Å². The number of benzene rings is 1. The second-order valence-electron chi connectivity index (χ2n) is 4.84. The molecule has 2 N–H and O–H groups in total. The van der Waals surface area contributed by atoms with Crippen molar-refractivity contribution in [1.29, 1.82) is 0 Å². The van der Waals surface area contributed by atoms with Gasteiger partial charge in [-0.05, 0) is 56.4 Å². The van der Waals surface area contributed by atoms with E-state index in [2.05, 4.69) is 37.1 Å². The molecule has 0 saturated carbocycles. The number of hydrogen-bond acceptors (Lipinski definition) is 2. The number of nitrogens with two attached hydrogens (primary N) is 1. The molecule has 0 unspecified atom stereocenters. The zero-order valence-electron chi connectivity index (χ0n) is 10.3. The smallest absolute Gasteiger partial charge is 0.149 e. The number of fused-ring (bicyclic) bond motifs is 1. The fraction of sp³-hybridized carbons (Fsp3) is 0.357. The molecule has 0 bridgehead atoms. The molecule has 1 aliphatic rings. The minimum atomic E-state index is 0.704. The van der Waals surface area contributed by atoms with Crippen LogP contribution in [0.5, 0.6) is 0 Å². The number of aromatic nitrogens is 2. The quantitative estimate of drug-likeness (QED) is 0.813. The zero-order chi connectivity index (χ0) is 12.0. The van der Waals surface area contributed by atoms with Crippen LogP contribution in [0.25, 0.3) is 5.69 Å². The number of nitrogens with zero attached hydrogens (tertiary/aromatic N) is 2. The van der Waals surface area contributed by atoms with Crippen molar-refractivity contribution in [3.63, 3.8) is 0 Å². The number of hydrogen-bond donors (Lipinski definition) is 1. The topological polar surface area (TPSA) is 43.8 Å². The predicted octanol–water partition coefficient (Wildman–Crippen LogP) is 2.56. The standard InChI is InChI=1S/C14H17N3/c1-9-6-7-11(8-10(9)2)17-13-5-3-4-12(13)14(15)16-17/h6-8H,3-5H2,1-2H3,(H2,15,16). The van der Waals surface area contributed by atoms with Gasteiger partial charge in [0.1, 0.15) is 5.82 Å².